The number of hydrogen-bond acceptors (Lipinski definition) is 3. The number of benzene rings is 1. The molecule has 0 bridgehead atoms. The van der Waals surface area contributed by atoms with Crippen LogP contribution in [0.2, 0.25) is 0 Å². The molecule has 0 heterocycles. The number of rotatable bonds is 3. The summed E-state index contributed by atoms with van der Waals surface area (Å²) in [5.41, 5.74) is 5.54. The van der Waals surface area contributed by atoms with Gasteiger partial charge in [0.05, 0.1) is 23.5 Å². The highest BCUT2D eigenvalue weighted by molar-refractivity contribution is 7.92. The third kappa shape index (κ3) is 4.06. The Bertz CT molecular complexity index is 559. The van der Waals surface area contributed by atoms with Crippen LogP contribution in [0.25, 0.3) is 0 Å². The molecule has 0 aromatic heterocycles. The van der Waals surface area contributed by atoms with Crippen molar-refractivity contribution < 1.29 is 12.8 Å². The van der Waals surface area contributed by atoms with E-state index in [9.17, 15) is 12.8 Å². The summed E-state index contributed by atoms with van der Waals surface area (Å²) in [4.78, 5) is 0. The zero-order valence-corrected chi connectivity index (χ0v) is 10.1. The van der Waals surface area contributed by atoms with Crippen LogP contribution in [0, 0.1) is 17.7 Å². The van der Waals surface area contributed by atoms with E-state index in [1.165, 1.54) is 19.1 Å². The van der Waals surface area contributed by atoms with E-state index in [2.05, 4.69) is 16.6 Å². The Labute approximate surface area is 100 Å². The maximum atomic E-state index is 13.5. The van der Waals surface area contributed by atoms with E-state index >= 15 is 0 Å². The first kappa shape index (κ1) is 13.5. The summed E-state index contributed by atoms with van der Waals surface area (Å²) in [6, 6.07) is 3.95. The number of halogens is 1. The Kier molecular flexibility index (Phi) is 4.49. The number of hydrogen-bond donors (Lipinski definition) is 2. The van der Waals surface area contributed by atoms with Gasteiger partial charge in [-0.05, 0) is 25.1 Å². The van der Waals surface area contributed by atoms with Crippen LogP contribution in [0.15, 0.2) is 18.2 Å². The summed E-state index contributed by atoms with van der Waals surface area (Å²) in [5.74, 6) is 4.43. The molecule has 3 N–H and O–H groups in total. The van der Waals surface area contributed by atoms with E-state index in [-0.39, 0.29) is 23.5 Å². The molecule has 0 aliphatic heterocycles. The second-order valence-corrected chi connectivity index (χ2v) is 5.22. The van der Waals surface area contributed by atoms with E-state index in [1.807, 2.05) is 0 Å². The van der Waals surface area contributed by atoms with Crippen molar-refractivity contribution in [2.45, 2.75) is 6.92 Å². The Morgan fingerprint density at radius 2 is 2.18 bits per heavy atom. The Morgan fingerprint density at radius 3 is 2.71 bits per heavy atom. The van der Waals surface area contributed by atoms with Crippen molar-refractivity contribution in [2.75, 3.05) is 17.0 Å². The molecular formula is C11H13FN2O2S. The minimum absolute atomic E-state index is 0.0661. The Morgan fingerprint density at radius 1 is 1.47 bits per heavy atom. The lowest BCUT2D eigenvalue weighted by molar-refractivity contribution is 0.602. The zero-order chi connectivity index (χ0) is 12.9. The molecule has 1 aromatic carbocycles. The molecule has 17 heavy (non-hydrogen) atoms. The summed E-state index contributed by atoms with van der Waals surface area (Å²) < 4.78 is 38.2. The van der Waals surface area contributed by atoms with Crippen LogP contribution >= 0.6 is 0 Å². The van der Waals surface area contributed by atoms with Gasteiger partial charge >= 0.3 is 0 Å². The summed E-state index contributed by atoms with van der Waals surface area (Å²) >= 11 is 0. The van der Waals surface area contributed by atoms with Crippen LogP contribution in [0.5, 0.6) is 0 Å². The molecule has 0 radical (unpaired) electrons. The molecular weight excluding hydrogens is 243 g/mol. The van der Waals surface area contributed by atoms with E-state index in [0.717, 1.165) is 6.07 Å². The lowest BCUT2D eigenvalue weighted by Gasteiger charge is -2.06. The molecule has 0 amide bonds. The van der Waals surface area contributed by atoms with Gasteiger partial charge in [-0.3, -0.25) is 4.72 Å². The fourth-order valence-corrected chi connectivity index (χ4v) is 1.71. The molecule has 0 fully saturated rings. The van der Waals surface area contributed by atoms with Gasteiger partial charge in [0.25, 0.3) is 0 Å². The highest BCUT2D eigenvalue weighted by Crippen LogP contribution is 2.15. The van der Waals surface area contributed by atoms with Crippen LogP contribution in [-0.4, -0.2) is 20.7 Å². The molecule has 0 saturated heterocycles. The standard InChI is InChI=1S/C11H13FN2O2S/c1-2-17(15,16)14-10-6-5-9(4-3-7-13)11(12)8-10/h5-6,8,14H,2,7,13H2,1H3. The van der Waals surface area contributed by atoms with Gasteiger partial charge in [0.1, 0.15) is 5.82 Å². The average molecular weight is 256 g/mol. The predicted octanol–water partition coefficient (Wildman–Crippen LogP) is 0.897. The van der Waals surface area contributed by atoms with Crippen LogP contribution in [0.1, 0.15) is 12.5 Å². The van der Waals surface area contributed by atoms with Crippen molar-refractivity contribution in [1.82, 2.24) is 0 Å². The molecule has 4 nitrogen and oxygen atoms in total. The smallest absolute Gasteiger partial charge is 0.232 e. The number of nitrogens with two attached hydrogens (primary N) is 1. The monoisotopic (exact) mass is 256 g/mol. The van der Waals surface area contributed by atoms with E-state index in [1.54, 1.807) is 0 Å². The van der Waals surface area contributed by atoms with Gasteiger partial charge in [-0.2, -0.15) is 0 Å². The zero-order valence-electron chi connectivity index (χ0n) is 9.33. The molecule has 0 spiro atoms. The van der Waals surface area contributed by atoms with Crippen molar-refractivity contribution in [1.29, 1.82) is 0 Å². The Balaban J connectivity index is 2.97. The third-order valence-electron chi connectivity index (χ3n) is 1.95. The molecule has 0 aliphatic rings. The lowest BCUT2D eigenvalue weighted by Crippen LogP contribution is -2.14. The van der Waals surface area contributed by atoms with Gasteiger partial charge in [-0.25, -0.2) is 12.8 Å². The van der Waals surface area contributed by atoms with Crippen LogP contribution in [-0.2, 0) is 10.0 Å². The largest absolute Gasteiger partial charge is 0.320 e. The van der Waals surface area contributed by atoms with Gasteiger partial charge in [-0.15, -0.1) is 0 Å². The number of sulfonamides is 1. The normalized spacial score (nSPS) is 10.5. The number of anilines is 1. The fourth-order valence-electron chi connectivity index (χ4n) is 1.08. The molecule has 0 atom stereocenters. The molecule has 1 aromatic rings. The minimum Gasteiger partial charge on any atom is -0.320 e. The van der Waals surface area contributed by atoms with Crippen molar-refractivity contribution in [3.05, 3.63) is 29.6 Å². The van der Waals surface area contributed by atoms with Crippen molar-refractivity contribution >= 4 is 15.7 Å². The van der Waals surface area contributed by atoms with Gasteiger partial charge in [-0.1, -0.05) is 11.8 Å². The molecule has 0 unspecified atom stereocenters. The van der Waals surface area contributed by atoms with Gasteiger partial charge in [0, 0.05) is 0 Å². The fraction of sp³-hybridized carbons (Fsp3) is 0.273. The van der Waals surface area contributed by atoms with Crippen LogP contribution in [0.4, 0.5) is 10.1 Å². The predicted molar refractivity (Wildman–Crippen MR) is 65.4 cm³/mol. The maximum Gasteiger partial charge on any atom is 0.232 e. The van der Waals surface area contributed by atoms with Gasteiger partial charge in [0.2, 0.25) is 10.0 Å². The van der Waals surface area contributed by atoms with Gasteiger partial charge in [0.15, 0.2) is 0 Å². The van der Waals surface area contributed by atoms with Crippen molar-refractivity contribution in [2.24, 2.45) is 5.73 Å². The van der Waals surface area contributed by atoms with Crippen LogP contribution in [0.3, 0.4) is 0 Å². The van der Waals surface area contributed by atoms with Crippen LogP contribution < -0.4 is 10.5 Å². The SMILES string of the molecule is CCS(=O)(=O)Nc1ccc(C#CCN)c(F)c1. The number of nitrogens with one attached hydrogen (secondary N) is 1. The van der Waals surface area contributed by atoms with E-state index < -0.39 is 15.8 Å². The molecule has 1 rings (SSSR count). The molecule has 0 saturated carbocycles. The summed E-state index contributed by atoms with van der Waals surface area (Å²) in [5, 5.41) is 0. The highest BCUT2D eigenvalue weighted by Gasteiger charge is 2.08. The summed E-state index contributed by atoms with van der Waals surface area (Å²) in [6.07, 6.45) is 0. The first-order valence-electron chi connectivity index (χ1n) is 4.97. The maximum absolute atomic E-state index is 13.5. The second-order valence-electron chi connectivity index (χ2n) is 3.21. The third-order valence-corrected chi connectivity index (χ3v) is 3.25. The summed E-state index contributed by atoms with van der Waals surface area (Å²) in [6.45, 7) is 1.64. The average Bonchev–Trinajstić information content (AvgIpc) is 2.27. The van der Waals surface area contributed by atoms with Gasteiger partial charge < -0.3 is 5.73 Å². The quantitative estimate of drug-likeness (QED) is 0.789. The molecule has 92 valence electrons. The molecule has 0 aliphatic carbocycles. The summed E-state index contributed by atoms with van der Waals surface area (Å²) in [7, 11) is -3.39. The van der Waals surface area contributed by atoms with Crippen molar-refractivity contribution in [3.8, 4) is 11.8 Å². The Hall–Kier alpha value is -1.58. The topological polar surface area (TPSA) is 72.2 Å². The molecule has 6 heteroatoms. The lowest BCUT2D eigenvalue weighted by atomic mass is 10.2. The minimum atomic E-state index is -3.39. The van der Waals surface area contributed by atoms with Crippen molar-refractivity contribution in [3.63, 3.8) is 0 Å². The first-order chi connectivity index (χ1) is 7.98. The second kappa shape index (κ2) is 5.66. The first-order valence-corrected chi connectivity index (χ1v) is 6.62. The van der Waals surface area contributed by atoms with E-state index in [4.69, 9.17) is 5.73 Å². The van der Waals surface area contributed by atoms with E-state index in [0.29, 0.717) is 0 Å². The highest BCUT2D eigenvalue weighted by atomic mass is 32.2.